The number of hydrogen-bond donors (Lipinski definition) is 1. The van der Waals surface area contributed by atoms with Gasteiger partial charge in [-0.3, -0.25) is 9.18 Å². The second-order valence-electron chi connectivity index (χ2n) is 7.69. The van der Waals surface area contributed by atoms with Gasteiger partial charge in [-0.1, -0.05) is 60.7 Å². The highest BCUT2D eigenvalue weighted by Crippen LogP contribution is 2.40. The summed E-state index contributed by atoms with van der Waals surface area (Å²) in [5, 5.41) is 10.8. The monoisotopic (exact) mass is 479 g/mol. The topological polar surface area (TPSA) is 113 Å². The van der Waals surface area contributed by atoms with Gasteiger partial charge in [0.2, 0.25) is 0 Å². The summed E-state index contributed by atoms with van der Waals surface area (Å²) in [4.78, 5) is 3.73. The number of aliphatic imine (C=N–C) groups is 1. The van der Waals surface area contributed by atoms with E-state index in [1.54, 1.807) is 0 Å². The largest absolute Gasteiger partial charge is 0.373 e. The number of ether oxygens (including phenoxy) is 4. The Morgan fingerprint density at radius 1 is 1.09 bits per heavy atom. The van der Waals surface area contributed by atoms with Gasteiger partial charge in [-0.25, -0.2) is 0 Å². The van der Waals surface area contributed by atoms with E-state index in [0.29, 0.717) is 0 Å². The van der Waals surface area contributed by atoms with Crippen LogP contribution in [0.1, 0.15) is 11.1 Å². The van der Waals surface area contributed by atoms with Crippen LogP contribution in [-0.2, 0) is 46.5 Å². The lowest BCUT2D eigenvalue weighted by Crippen LogP contribution is -2.56. The molecule has 1 N–H and O–H groups in total. The predicted octanol–water partition coefficient (Wildman–Crippen LogP) is 1.89. The molecule has 3 rings (SSSR count). The van der Waals surface area contributed by atoms with Gasteiger partial charge < -0.3 is 24.1 Å². The molecule has 0 spiro atoms. The maximum Gasteiger partial charge on any atom is 0.264 e. The number of methoxy groups -OCH3 is 1. The SMILES string of the molecule is C=NC(O)C1(COCc2ccccc2)OC(OC)C(OS(C)(=O)=O)C1OCc1ccccc1. The van der Waals surface area contributed by atoms with E-state index in [1.165, 1.54) is 7.11 Å². The minimum Gasteiger partial charge on any atom is -0.373 e. The highest BCUT2D eigenvalue weighted by Gasteiger charge is 2.62. The van der Waals surface area contributed by atoms with Crippen LogP contribution in [0.5, 0.6) is 0 Å². The molecule has 9 nitrogen and oxygen atoms in total. The zero-order valence-electron chi connectivity index (χ0n) is 18.6. The van der Waals surface area contributed by atoms with Crippen molar-refractivity contribution in [3.63, 3.8) is 0 Å². The van der Waals surface area contributed by atoms with Gasteiger partial charge in [-0.15, -0.1) is 0 Å². The Balaban J connectivity index is 1.91. The molecule has 1 fully saturated rings. The van der Waals surface area contributed by atoms with E-state index in [2.05, 4.69) is 11.7 Å². The smallest absolute Gasteiger partial charge is 0.264 e. The highest BCUT2D eigenvalue weighted by molar-refractivity contribution is 7.86. The van der Waals surface area contributed by atoms with Gasteiger partial charge in [0.25, 0.3) is 10.1 Å². The van der Waals surface area contributed by atoms with Crippen molar-refractivity contribution in [3.8, 4) is 0 Å². The molecule has 5 unspecified atom stereocenters. The Morgan fingerprint density at radius 3 is 2.18 bits per heavy atom. The average Bonchev–Trinajstić information content (AvgIpc) is 3.10. The fraction of sp³-hybridized carbons (Fsp3) is 0.435. The number of benzene rings is 2. The van der Waals surface area contributed by atoms with Crippen LogP contribution in [-0.4, -0.2) is 70.5 Å². The van der Waals surface area contributed by atoms with E-state index < -0.39 is 40.4 Å². The van der Waals surface area contributed by atoms with Crippen LogP contribution in [0.15, 0.2) is 65.7 Å². The second-order valence-corrected chi connectivity index (χ2v) is 9.29. The first-order valence-corrected chi connectivity index (χ1v) is 12.1. The van der Waals surface area contributed by atoms with Gasteiger partial charge in [0, 0.05) is 7.11 Å². The minimum atomic E-state index is -3.92. The quantitative estimate of drug-likeness (QED) is 0.363. The van der Waals surface area contributed by atoms with Crippen molar-refractivity contribution in [3.05, 3.63) is 71.8 Å². The molecule has 2 aromatic rings. The summed E-state index contributed by atoms with van der Waals surface area (Å²) >= 11 is 0. The molecule has 1 aliphatic heterocycles. The predicted molar refractivity (Wildman–Crippen MR) is 121 cm³/mol. The molecule has 2 aromatic carbocycles. The van der Waals surface area contributed by atoms with Crippen LogP contribution in [0, 0.1) is 0 Å². The van der Waals surface area contributed by atoms with Crippen molar-refractivity contribution in [1.82, 2.24) is 0 Å². The summed E-state index contributed by atoms with van der Waals surface area (Å²) < 4.78 is 52.6. The van der Waals surface area contributed by atoms with E-state index in [-0.39, 0.29) is 19.8 Å². The van der Waals surface area contributed by atoms with Gasteiger partial charge >= 0.3 is 0 Å². The third kappa shape index (κ3) is 6.45. The van der Waals surface area contributed by atoms with Gasteiger partial charge in [0.05, 0.1) is 26.1 Å². The molecule has 1 aliphatic rings. The van der Waals surface area contributed by atoms with Crippen LogP contribution in [0.4, 0.5) is 0 Å². The van der Waals surface area contributed by atoms with Crippen molar-refractivity contribution >= 4 is 16.8 Å². The molecule has 0 amide bonds. The molecule has 180 valence electrons. The van der Waals surface area contributed by atoms with Crippen molar-refractivity contribution < 1.29 is 36.7 Å². The molecular weight excluding hydrogens is 450 g/mol. The maximum absolute atomic E-state index is 12.0. The van der Waals surface area contributed by atoms with E-state index in [1.807, 2.05) is 60.7 Å². The average molecular weight is 480 g/mol. The van der Waals surface area contributed by atoms with Crippen molar-refractivity contribution in [2.75, 3.05) is 20.0 Å². The Kier molecular flexibility index (Phi) is 8.71. The number of aliphatic hydroxyl groups is 1. The van der Waals surface area contributed by atoms with Gasteiger partial charge in [0.15, 0.2) is 24.2 Å². The lowest BCUT2D eigenvalue weighted by atomic mass is 9.93. The molecule has 0 aromatic heterocycles. The molecule has 0 bridgehead atoms. The molecule has 0 saturated carbocycles. The minimum absolute atomic E-state index is 0.0964. The normalized spacial score (nSPS) is 26.2. The van der Waals surface area contributed by atoms with E-state index in [4.69, 9.17) is 23.1 Å². The second kappa shape index (κ2) is 11.3. The molecule has 0 aliphatic carbocycles. The standard InChI is InChI=1S/C23H29NO8S/c1-24-22(25)23(16-29-14-17-10-6-4-7-11-17)20(30-15-18-12-8-5-9-13-18)19(21(28-2)31-23)32-33(3,26)27/h4-13,19-22,25H,1,14-16H2,2-3H3. The molecule has 1 heterocycles. The molecule has 5 atom stereocenters. The highest BCUT2D eigenvalue weighted by atomic mass is 32.2. The van der Waals surface area contributed by atoms with Crippen molar-refractivity contribution in [2.45, 2.75) is 43.5 Å². The van der Waals surface area contributed by atoms with Crippen LogP contribution >= 0.6 is 0 Å². The zero-order chi connectivity index (χ0) is 23.9. The number of rotatable bonds is 12. The van der Waals surface area contributed by atoms with Crippen LogP contribution in [0.3, 0.4) is 0 Å². The molecule has 0 radical (unpaired) electrons. The molecule has 1 saturated heterocycles. The Hall–Kier alpha value is -2.18. The van der Waals surface area contributed by atoms with E-state index in [9.17, 15) is 13.5 Å². The van der Waals surface area contributed by atoms with Crippen molar-refractivity contribution in [2.24, 2.45) is 4.99 Å². The van der Waals surface area contributed by atoms with Crippen molar-refractivity contribution in [1.29, 1.82) is 0 Å². The summed E-state index contributed by atoms with van der Waals surface area (Å²) in [6.45, 7) is 3.55. The molecule has 10 heteroatoms. The number of nitrogens with zero attached hydrogens (tertiary/aromatic N) is 1. The molecular formula is C23H29NO8S. The van der Waals surface area contributed by atoms with Gasteiger partial charge in [-0.2, -0.15) is 8.42 Å². The first-order valence-electron chi connectivity index (χ1n) is 10.3. The molecule has 33 heavy (non-hydrogen) atoms. The van der Waals surface area contributed by atoms with Crippen LogP contribution in [0.25, 0.3) is 0 Å². The summed E-state index contributed by atoms with van der Waals surface area (Å²) in [5.41, 5.74) is 0.0961. The Labute approximate surface area is 194 Å². The zero-order valence-corrected chi connectivity index (χ0v) is 19.4. The van der Waals surface area contributed by atoms with Crippen LogP contribution < -0.4 is 0 Å². The lowest BCUT2D eigenvalue weighted by Gasteiger charge is -2.36. The number of aliphatic hydroxyl groups excluding tert-OH is 1. The Morgan fingerprint density at radius 2 is 1.67 bits per heavy atom. The fourth-order valence-corrected chi connectivity index (χ4v) is 4.30. The maximum atomic E-state index is 12.0. The fourth-order valence-electron chi connectivity index (χ4n) is 3.70. The van der Waals surface area contributed by atoms with Gasteiger partial charge in [0.1, 0.15) is 6.10 Å². The summed E-state index contributed by atoms with van der Waals surface area (Å²) in [7, 11) is -2.58. The summed E-state index contributed by atoms with van der Waals surface area (Å²) in [6, 6.07) is 18.7. The van der Waals surface area contributed by atoms with Gasteiger partial charge in [-0.05, 0) is 17.8 Å². The first-order chi connectivity index (χ1) is 15.8. The number of hydrogen-bond acceptors (Lipinski definition) is 9. The summed E-state index contributed by atoms with van der Waals surface area (Å²) in [6.07, 6.45) is -4.10. The summed E-state index contributed by atoms with van der Waals surface area (Å²) in [5.74, 6) is 0. The third-order valence-corrected chi connectivity index (χ3v) is 5.80. The lowest BCUT2D eigenvalue weighted by molar-refractivity contribution is -0.228. The first kappa shape index (κ1) is 25.4. The van der Waals surface area contributed by atoms with Crippen LogP contribution in [0.2, 0.25) is 0 Å². The van der Waals surface area contributed by atoms with E-state index in [0.717, 1.165) is 17.4 Å². The Bertz CT molecular complexity index is 988. The third-order valence-electron chi connectivity index (χ3n) is 5.22. The van der Waals surface area contributed by atoms with E-state index >= 15 is 0 Å².